The van der Waals surface area contributed by atoms with E-state index >= 15 is 0 Å². The number of halogens is 3. The highest BCUT2D eigenvalue weighted by molar-refractivity contribution is 6.36. The number of hydrogen-bond acceptors (Lipinski definition) is 3. The van der Waals surface area contributed by atoms with Crippen molar-refractivity contribution in [3.05, 3.63) is 57.8 Å². The van der Waals surface area contributed by atoms with Gasteiger partial charge in [0.25, 0.3) is 5.91 Å². The molecule has 8 heteroatoms. The Morgan fingerprint density at radius 1 is 1.18 bits per heavy atom. The zero-order valence-corrected chi connectivity index (χ0v) is 16.7. The summed E-state index contributed by atoms with van der Waals surface area (Å²) < 4.78 is 18.9. The minimum atomic E-state index is -0.668. The van der Waals surface area contributed by atoms with Gasteiger partial charge in [-0.2, -0.15) is 0 Å². The van der Waals surface area contributed by atoms with Gasteiger partial charge in [0.1, 0.15) is 6.04 Å². The number of nitrogens with zero attached hydrogens (tertiary/aromatic N) is 1. The van der Waals surface area contributed by atoms with Crippen molar-refractivity contribution in [1.29, 1.82) is 0 Å². The van der Waals surface area contributed by atoms with E-state index in [0.717, 1.165) is 18.9 Å². The summed E-state index contributed by atoms with van der Waals surface area (Å²) in [5.41, 5.74) is 0.590. The van der Waals surface area contributed by atoms with Crippen molar-refractivity contribution in [1.82, 2.24) is 4.90 Å². The van der Waals surface area contributed by atoms with E-state index in [1.807, 2.05) is 0 Å². The van der Waals surface area contributed by atoms with E-state index in [-0.39, 0.29) is 17.2 Å². The summed E-state index contributed by atoms with van der Waals surface area (Å²) in [5.74, 6) is -1.31. The molecule has 1 aliphatic heterocycles. The summed E-state index contributed by atoms with van der Waals surface area (Å²) in [6.45, 7) is 0.416. The normalized spacial score (nSPS) is 16.6. The van der Waals surface area contributed by atoms with E-state index in [1.165, 1.54) is 30.2 Å². The fourth-order valence-corrected chi connectivity index (χ4v) is 3.68. The van der Waals surface area contributed by atoms with Crippen LogP contribution in [0.25, 0.3) is 0 Å². The number of benzene rings is 2. The van der Waals surface area contributed by atoms with Crippen LogP contribution < -0.4 is 10.1 Å². The lowest BCUT2D eigenvalue weighted by Gasteiger charge is -2.35. The standard InChI is InChI=1S/C20H19Cl2FN2O3/c1-28-18-8-5-12(10-15(18)23)20(27)25-9-3-2-4-17(25)19(26)24-16-7-6-13(21)11-14(16)22/h5-8,10-11,17H,2-4,9H2,1H3,(H,24,26). The molecule has 1 fully saturated rings. The van der Waals surface area contributed by atoms with Crippen LogP contribution in [0.2, 0.25) is 10.0 Å². The van der Waals surface area contributed by atoms with Crippen LogP contribution in [0, 0.1) is 5.82 Å². The number of methoxy groups -OCH3 is 1. The Balaban J connectivity index is 1.80. The molecule has 2 aromatic rings. The summed E-state index contributed by atoms with van der Waals surface area (Å²) >= 11 is 12.0. The van der Waals surface area contributed by atoms with E-state index < -0.39 is 17.8 Å². The van der Waals surface area contributed by atoms with Crippen molar-refractivity contribution < 1.29 is 18.7 Å². The summed E-state index contributed by atoms with van der Waals surface area (Å²) in [7, 11) is 1.35. The first-order valence-corrected chi connectivity index (χ1v) is 9.56. The number of nitrogens with one attached hydrogen (secondary N) is 1. The van der Waals surface area contributed by atoms with Crippen molar-refractivity contribution in [2.75, 3.05) is 19.0 Å². The lowest BCUT2D eigenvalue weighted by atomic mass is 9.99. The van der Waals surface area contributed by atoms with Crippen molar-refractivity contribution >= 4 is 40.7 Å². The van der Waals surface area contributed by atoms with E-state index in [0.29, 0.717) is 28.7 Å². The van der Waals surface area contributed by atoms with Gasteiger partial charge in [-0.1, -0.05) is 23.2 Å². The number of ether oxygens (including phenoxy) is 1. The Kier molecular flexibility index (Phi) is 6.42. The summed E-state index contributed by atoms with van der Waals surface area (Å²) in [6, 6.07) is 8.10. The third-order valence-corrected chi connectivity index (χ3v) is 5.20. The maximum atomic E-state index is 14.0. The number of anilines is 1. The molecule has 1 heterocycles. The van der Waals surface area contributed by atoms with Gasteiger partial charge in [0.05, 0.1) is 17.8 Å². The van der Waals surface area contributed by atoms with Gasteiger partial charge in [-0.3, -0.25) is 9.59 Å². The Morgan fingerprint density at radius 2 is 1.96 bits per heavy atom. The van der Waals surface area contributed by atoms with Gasteiger partial charge < -0.3 is 15.0 Å². The van der Waals surface area contributed by atoms with Crippen molar-refractivity contribution in [2.24, 2.45) is 0 Å². The molecule has 148 valence electrons. The highest BCUT2D eigenvalue weighted by atomic mass is 35.5. The van der Waals surface area contributed by atoms with Crippen molar-refractivity contribution in [2.45, 2.75) is 25.3 Å². The second kappa shape index (κ2) is 8.80. The van der Waals surface area contributed by atoms with Gasteiger partial charge in [0.15, 0.2) is 11.6 Å². The minimum absolute atomic E-state index is 0.0573. The molecule has 2 aromatic carbocycles. The second-order valence-corrected chi connectivity index (χ2v) is 7.32. The average Bonchev–Trinajstić information content (AvgIpc) is 2.69. The molecule has 1 N–H and O–H groups in total. The van der Waals surface area contributed by atoms with E-state index in [1.54, 1.807) is 12.1 Å². The van der Waals surface area contributed by atoms with Crippen LogP contribution in [0.5, 0.6) is 5.75 Å². The largest absolute Gasteiger partial charge is 0.494 e. The summed E-state index contributed by atoms with van der Waals surface area (Å²) in [4.78, 5) is 27.2. The molecule has 2 amide bonds. The van der Waals surface area contributed by atoms with Crippen LogP contribution in [0.3, 0.4) is 0 Å². The first-order chi connectivity index (χ1) is 13.4. The van der Waals surface area contributed by atoms with Crippen LogP contribution >= 0.6 is 23.2 Å². The van der Waals surface area contributed by atoms with Gasteiger partial charge in [0.2, 0.25) is 5.91 Å². The molecule has 0 spiro atoms. The molecular formula is C20H19Cl2FN2O3. The lowest BCUT2D eigenvalue weighted by molar-refractivity contribution is -0.121. The quantitative estimate of drug-likeness (QED) is 0.768. The first-order valence-electron chi connectivity index (χ1n) is 8.81. The number of carbonyl (C=O) groups is 2. The molecule has 0 aromatic heterocycles. The number of likely N-dealkylation sites (tertiary alicyclic amines) is 1. The van der Waals surface area contributed by atoms with E-state index in [9.17, 15) is 14.0 Å². The topological polar surface area (TPSA) is 58.6 Å². The van der Waals surface area contributed by atoms with Crippen LogP contribution in [0.1, 0.15) is 29.6 Å². The Bertz CT molecular complexity index is 907. The molecule has 28 heavy (non-hydrogen) atoms. The van der Waals surface area contributed by atoms with Crippen molar-refractivity contribution in [3.8, 4) is 5.75 Å². The highest BCUT2D eigenvalue weighted by Crippen LogP contribution is 2.28. The molecule has 0 aliphatic carbocycles. The Labute approximate surface area is 172 Å². The molecule has 1 aliphatic rings. The zero-order chi connectivity index (χ0) is 20.3. The molecule has 0 saturated carbocycles. The summed E-state index contributed by atoms with van der Waals surface area (Å²) in [5, 5.41) is 3.52. The molecule has 1 unspecified atom stereocenters. The molecule has 1 atom stereocenters. The van der Waals surface area contributed by atoms with Gasteiger partial charge in [-0.05, 0) is 55.7 Å². The maximum Gasteiger partial charge on any atom is 0.254 e. The number of piperidine rings is 1. The fourth-order valence-electron chi connectivity index (χ4n) is 3.22. The fraction of sp³-hybridized carbons (Fsp3) is 0.300. The Hall–Kier alpha value is -2.31. The van der Waals surface area contributed by atoms with E-state index in [4.69, 9.17) is 27.9 Å². The predicted molar refractivity (Wildman–Crippen MR) is 107 cm³/mol. The van der Waals surface area contributed by atoms with Gasteiger partial charge in [-0.15, -0.1) is 0 Å². The maximum absolute atomic E-state index is 14.0. The number of hydrogen-bond donors (Lipinski definition) is 1. The number of rotatable bonds is 4. The van der Waals surface area contributed by atoms with Crippen LogP contribution in [0.4, 0.5) is 10.1 Å². The average molecular weight is 425 g/mol. The van der Waals surface area contributed by atoms with E-state index in [2.05, 4.69) is 5.32 Å². The molecule has 0 bridgehead atoms. The van der Waals surface area contributed by atoms with Gasteiger partial charge >= 0.3 is 0 Å². The number of amides is 2. The SMILES string of the molecule is COc1ccc(C(=O)N2CCCCC2C(=O)Nc2ccc(Cl)cc2Cl)cc1F. The van der Waals surface area contributed by atoms with Crippen LogP contribution in [-0.4, -0.2) is 36.4 Å². The van der Waals surface area contributed by atoms with Gasteiger partial charge in [-0.25, -0.2) is 4.39 Å². The molecule has 1 saturated heterocycles. The predicted octanol–water partition coefficient (Wildman–Crippen LogP) is 4.77. The third-order valence-electron chi connectivity index (χ3n) is 4.65. The smallest absolute Gasteiger partial charge is 0.254 e. The van der Waals surface area contributed by atoms with Gasteiger partial charge in [0, 0.05) is 17.1 Å². The molecule has 5 nitrogen and oxygen atoms in total. The molecule has 3 rings (SSSR count). The lowest BCUT2D eigenvalue weighted by Crippen LogP contribution is -2.50. The first kappa shape index (κ1) is 20.4. The summed E-state index contributed by atoms with van der Waals surface area (Å²) in [6.07, 6.45) is 2.10. The highest BCUT2D eigenvalue weighted by Gasteiger charge is 2.33. The van der Waals surface area contributed by atoms with Crippen molar-refractivity contribution in [3.63, 3.8) is 0 Å². The van der Waals surface area contributed by atoms with Crippen LogP contribution in [0.15, 0.2) is 36.4 Å². The monoisotopic (exact) mass is 424 g/mol. The Morgan fingerprint density at radius 3 is 2.64 bits per heavy atom. The minimum Gasteiger partial charge on any atom is -0.494 e. The number of carbonyl (C=O) groups excluding carboxylic acids is 2. The zero-order valence-electron chi connectivity index (χ0n) is 15.2. The second-order valence-electron chi connectivity index (χ2n) is 6.47. The molecular weight excluding hydrogens is 406 g/mol. The van der Waals surface area contributed by atoms with Crippen LogP contribution in [-0.2, 0) is 4.79 Å². The third kappa shape index (κ3) is 4.39. The molecule has 0 radical (unpaired) electrons.